The van der Waals surface area contributed by atoms with Crippen molar-refractivity contribution in [3.63, 3.8) is 0 Å². The van der Waals surface area contributed by atoms with Crippen LogP contribution in [-0.4, -0.2) is 44.6 Å². The minimum atomic E-state index is -6.15. The first-order valence-corrected chi connectivity index (χ1v) is 10.3. The molecule has 39 heavy (non-hydrogen) atoms. The molecule has 0 fully saturated rings. The number of halogens is 11. The SMILES string of the molecule is N#Cc1cccc(O)c1F.N#Cc1cccc(OCC(F)(F)F)c1F.O=S(=O)(OCC(F)(F)F)C(F)(F)F.[H-].[Na+]. The summed E-state index contributed by atoms with van der Waals surface area (Å²) in [7, 11) is -6.15. The van der Waals surface area contributed by atoms with Gasteiger partial charge in [-0.25, -0.2) is 8.78 Å². The third-order valence-electron chi connectivity index (χ3n) is 3.24. The van der Waals surface area contributed by atoms with Gasteiger partial charge in [0.15, 0.2) is 36.3 Å². The number of phenols is 1. The summed E-state index contributed by atoms with van der Waals surface area (Å²) in [4.78, 5) is 0. The predicted octanol–water partition coefficient (Wildman–Crippen LogP) is 2.57. The quantitative estimate of drug-likeness (QED) is 0.244. The third-order valence-corrected chi connectivity index (χ3v) is 4.23. The van der Waals surface area contributed by atoms with Crippen LogP contribution < -0.4 is 34.3 Å². The summed E-state index contributed by atoms with van der Waals surface area (Å²) >= 11 is 0. The van der Waals surface area contributed by atoms with E-state index >= 15 is 0 Å². The molecule has 1 N–H and O–H groups in total. The van der Waals surface area contributed by atoms with Crippen LogP contribution in [0.1, 0.15) is 12.6 Å². The van der Waals surface area contributed by atoms with Gasteiger partial charge in [-0.15, -0.1) is 0 Å². The van der Waals surface area contributed by atoms with Crippen LogP contribution in [0, 0.1) is 34.3 Å². The normalized spacial score (nSPS) is 11.3. The van der Waals surface area contributed by atoms with Gasteiger partial charge in [-0.3, -0.25) is 4.18 Å². The molecule has 7 nitrogen and oxygen atoms in total. The predicted molar refractivity (Wildman–Crippen MR) is 104 cm³/mol. The molecule has 0 spiro atoms. The number of hydrogen-bond donors (Lipinski definition) is 1. The first-order valence-electron chi connectivity index (χ1n) is 8.93. The Kier molecular flexibility index (Phi) is 15.4. The van der Waals surface area contributed by atoms with Crippen molar-refractivity contribution in [1.29, 1.82) is 10.5 Å². The van der Waals surface area contributed by atoms with Gasteiger partial charge < -0.3 is 11.3 Å². The number of aromatic hydroxyl groups is 1. The average Bonchev–Trinajstić information content (AvgIpc) is 2.78. The minimum absolute atomic E-state index is 0. The summed E-state index contributed by atoms with van der Waals surface area (Å²) in [5.41, 5.74) is -6.33. The third kappa shape index (κ3) is 14.8. The molecule has 0 radical (unpaired) electrons. The zero-order valence-electron chi connectivity index (χ0n) is 19.9. The van der Waals surface area contributed by atoms with Crippen LogP contribution in [0.5, 0.6) is 11.5 Å². The first kappa shape index (κ1) is 38.3. The van der Waals surface area contributed by atoms with E-state index in [1.165, 1.54) is 30.3 Å². The van der Waals surface area contributed by atoms with Crippen molar-refractivity contribution >= 4 is 10.1 Å². The van der Waals surface area contributed by atoms with Gasteiger partial charge >= 0.3 is 57.5 Å². The second kappa shape index (κ2) is 15.7. The van der Waals surface area contributed by atoms with Crippen molar-refractivity contribution in [3.05, 3.63) is 59.2 Å². The van der Waals surface area contributed by atoms with Crippen molar-refractivity contribution in [1.82, 2.24) is 0 Å². The van der Waals surface area contributed by atoms with E-state index in [2.05, 4.69) is 8.92 Å². The van der Waals surface area contributed by atoms with Gasteiger partial charge in [0.05, 0.1) is 11.1 Å². The van der Waals surface area contributed by atoms with Crippen molar-refractivity contribution in [2.45, 2.75) is 17.9 Å². The second-order valence-electron chi connectivity index (χ2n) is 6.16. The van der Waals surface area contributed by atoms with E-state index in [1.54, 1.807) is 6.07 Å². The fourth-order valence-electron chi connectivity index (χ4n) is 1.69. The number of phenolic OH excluding ortho intramolecular Hbond substituents is 1. The molecule has 0 saturated heterocycles. The fraction of sp³-hybridized carbons (Fsp3) is 0.263. The van der Waals surface area contributed by atoms with Crippen molar-refractivity contribution in [2.75, 3.05) is 13.2 Å². The molecule has 0 atom stereocenters. The molecule has 0 aliphatic heterocycles. The van der Waals surface area contributed by atoms with Crippen molar-refractivity contribution < 1.29 is 102 Å². The zero-order chi connectivity index (χ0) is 29.9. The van der Waals surface area contributed by atoms with Crippen molar-refractivity contribution in [2.24, 2.45) is 0 Å². The van der Waals surface area contributed by atoms with Crippen LogP contribution >= 0.6 is 0 Å². The molecular formula is C19H12F11N2NaO5S. The van der Waals surface area contributed by atoms with E-state index < -0.39 is 64.3 Å². The Hall–Kier alpha value is -2.84. The Labute approximate surface area is 235 Å². The van der Waals surface area contributed by atoms with Gasteiger partial charge in [-0.1, -0.05) is 12.1 Å². The van der Waals surface area contributed by atoms with E-state index in [1.807, 2.05) is 0 Å². The molecular weight excluding hydrogens is 600 g/mol. The molecule has 0 heterocycles. The van der Waals surface area contributed by atoms with E-state index in [9.17, 15) is 56.7 Å². The van der Waals surface area contributed by atoms with Crippen LogP contribution in [0.4, 0.5) is 48.3 Å². The largest absolute Gasteiger partial charge is 1.00 e. The molecule has 0 aliphatic carbocycles. The standard InChI is InChI=1S/C9H5F4NO.C7H4FNO.C3H2F6O3S.Na.H/c10-8-6(4-14)2-1-3-7(8)15-5-9(11,12)13;8-7-5(4-9)2-1-3-6(7)10;4-2(5,6)1-12-13(10,11)3(7,8)9;;/h1-3H,5H2;1-3,10H;1H2;;/q;;;+1;-1. The summed E-state index contributed by atoms with van der Waals surface area (Å²) in [5.74, 6) is -3.00. The minimum Gasteiger partial charge on any atom is -1.00 e. The molecule has 0 bridgehead atoms. The number of benzene rings is 2. The van der Waals surface area contributed by atoms with Crippen LogP contribution in [0.15, 0.2) is 36.4 Å². The summed E-state index contributed by atoms with van der Waals surface area (Å²) < 4.78 is 155. The maximum Gasteiger partial charge on any atom is 1.00 e. The van der Waals surface area contributed by atoms with Gasteiger partial charge in [0, 0.05) is 0 Å². The zero-order valence-corrected chi connectivity index (χ0v) is 21.7. The Morgan fingerprint density at radius 1 is 0.795 bits per heavy atom. The molecule has 2 rings (SSSR count). The number of ether oxygens (including phenoxy) is 1. The summed E-state index contributed by atoms with van der Waals surface area (Å²) in [6.07, 6.45) is -9.66. The van der Waals surface area contributed by atoms with Crippen LogP contribution in [-0.2, 0) is 14.3 Å². The molecule has 0 amide bonds. The summed E-state index contributed by atoms with van der Waals surface area (Å²) in [5, 5.41) is 25.4. The fourth-order valence-corrected chi connectivity index (χ4v) is 2.11. The van der Waals surface area contributed by atoms with Crippen LogP contribution in [0.25, 0.3) is 0 Å². The maximum atomic E-state index is 13.1. The molecule has 2 aromatic rings. The second-order valence-corrected chi connectivity index (χ2v) is 7.77. The molecule has 20 heteroatoms. The van der Waals surface area contributed by atoms with Gasteiger partial charge in [0.25, 0.3) is 0 Å². The van der Waals surface area contributed by atoms with Crippen LogP contribution in [0.2, 0.25) is 0 Å². The van der Waals surface area contributed by atoms with Crippen molar-refractivity contribution in [3.8, 4) is 23.6 Å². The Bertz CT molecular complexity index is 1280. The number of nitrogens with zero attached hydrogens (tertiary/aromatic N) is 2. The number of hydrogen-bond acceptors (Lipinski definition) is 7. The maximum absolute atomic E-state index is 13.1. The van der Waals surface area contributed by atoms with E-state index in [4.69, 9.17) is 15.6 Å². The van der Waals surface area contributed by atoms with Gasteiger partial charge in [-0.2, -0.15) is 58.5 Å². The molecule has 0 aliphatic rings. The van der Waals surface area contributed by atoms with Gasteiger partial charge in [0.2, 0.25) is 0 Å². The molecule has 0 unspecified atom stereocenters. The van der Waals surface area contributed by atoms with Gasteiger partial charge in [0.1, 0.15) is 12.1 Å². The van der Waals surface area contributed by atoms with E-state index in [0.717, 1.165) is 12.1 Å². The van der Waals surface area contributed by atoms with Gasteiger partial charge in [-0.05, 0) is 24.3 Å². The van der Waals surface area contributed by atoms with Crippen LogP contribution in [0.3, 0.4) is 0 Å². The molecule has 2 aromatic carbocycles. The monoisotopic (exact) mass is 612 g/mol. The Balaban J connectivity index is -0.000000510. The average molecular weight is 612 g/mol. The van der Waals surface area contributed by atoms with E-state index in [0.29, 0.717) is 0 Å². The Morgan fingerprint density at radius 2 is 1.23 bits per heavy atom. The first-order chi connectivity index (χ1) is 17.1. The smallest absolute Gasteiger partial charge is 1.00 e. The summed E-state index contributed by atoms with van der Waals surface area (Å²) in [6, 6.07) is 10.4. The number of alkyl halides is 9. The molecule has 212 valence electrons. The topological polar surface area (TPSA) is 120 Å². The number of nitriles is 2. The van der Waals surface area contributed by atoms with E-state index in [-0.39, 0.29) is 42.1 Å². The Morgan fingerprint density at radius 3 is 1.62 bits per heavy atom. The molecule has 0 aromatic heterocycles. The number of rotatable bonds is 4. The summed E-state index contributed by atoms with van der Waals surface area (Å²) in [6.45, 7) is -4.08. The molecule has 0 saturated carbocycles.